The summed E-state index contributed by atoms with van der Waals surface area (Å²) in [7, 11) is 5.08. The van der Waals surface area contributed by atoms with E-state index >= 15 is 0 Å². The zero-order chi connectivity index (χ0) is 23.2. The number of amides is 1. The van der Waals surface area contributed by atoms with Crippen LogP contribution in [-0.2, 0) is 11.2 Å². The number of guanidine groups is 1. The van der Waals surface area contributed by atoms with Crippen molar-refractivity contribution >= 4 is 52.4 Å². The van der Waals surface area contributed by atoms with Crippen molar-refractivity contribution in [1.82, 2.24) is 15.6 Å². The highest BCUT2D eigenvalue weighted by molar-refractivity contribution is 14.0. The number of aromatic amines is 1. The van der Waals surface area contributed by atoms with E-state index < -0.39 is 0 Å². The average Bonchev–Trinajstić information content (AvgIpc) is 3.25. The number of methoxy groups -OCH3 is 2. The van der Waals surface area contributed by atoms with Gasteiger partial charge in [-0.1, -0.05) is 18.2 Å². The van der Waals surface area contributed by atoms with Crippen molar-refractivity contribution in [3.05, 3.63) is 53.7 Å². The third kappa shape index (κ3) is 5.94. The number of hydrogen-bond donors (Lipinski definition) is 4. The van der Waals surface area contributed by atoms with Gasteiger partial charge in [0, 0.05) is 61.4 Å². The minimum atomic E-state index is 0. The Morgan fingerprint density at radius 3 is 2.74 bits per heavy atom. The Morgan fingerprint density at radius 2 is 1.97 bits per heavy atom. The summed E-state index contributed by atoms with van der Waals surface area (Å²) in [5.41, 5.74) is 4.21. The zero-order valence-electron chi connectivity index (χ0n) is 19.7. The molecule has 0 aliphatic carbocycles. The molecule has 1 aliphatic rings. The number of aryl methyl sites for hydroxylation is 1. The van der Waals surface area contributed by atoms with Crippen LogP contribution in [0.1, 0.15) is 30.0 Å². The standard InChI is InChI=1S/C25H31N5O3.HI/c1-26-25(28-15-16-11-24(31)30-21-9-5-4-8-19(16)21)27-10-6-7-17-12-20-22(29-17)13-18(32-2)14-23(20)33-3;/h4-5,8-9,12-14,16,29H,6-7,10-11,15H2,1-3H3,(H,30,31)(H2,26,27,28);1H. The van der Waals surface area contributed by atoms with Gasteiger partial charge >= 0.3 is 0 Å². The van der Waals surface area contributed by atoms with Gasteiger partial charge in [-0.2, -0.15) is 0 Å². The molecule has 0 radical (unpaired) electrons. The van der Waals surface area contributed by atoms with Gasteiger partial charge in [-0.3, -0.25) is 9.79 Å². The van der Waals surface area contributed by atoms with Gasteiger partial charge in [0.15, 0.2) is 5.96 Å². The molecule has 0 fully saturated rings. The van der Waals surface area contributed by atoms with Crippen LogP contribution in [0.25, 0.3) is 10.9 Å². The van der Waals surface area contributed by atoms with Gasteiger partial charge in [-0.25, -0.2) is 0 Å². The van der Waals surface area contributed by atoms with Crippen LogP contribution in [0, 0.1) is 0 Å². The monoisotopic (exact) mass is 577 g/mol. The van der Waals surface area contributed by atoms with E-state index in [1.807, 2.05) is 30.3 Å². The highest BCUT2D eigenvalue weighted by Crippen LogP contribution is 2.32. The first-order valence-corrected chi connectivity index (χ1v) is 11.2. The van der Waals surface area contributed by atoms with E-state index in [2.05, 4.69) is 38.1 Å². The van der Waals surface area contributed by atoms with E-state index in [0.717, 1.165) is 64.7 Å². The molecule has 1 aliphatic heterocycles. The minimum Gasteiger partial charge on any atom is -0.497 e. The normalized spacial score (nSPS) is 15.2. The van der Waals surface area contributed by atoms with Crippen LogP contribution in [0.15, 0.2) is 47.5 Å². The number of hydrogen-bond acceptors (Lipinski definition) is 4. The fourth-order valence-corrected chi connectivity index (χ4v) is 4.27. The number of aliphatic imine (C=N–C) groups is 1. The molecule has 182 valence electrons. The van der Waals surface area contributed by atoms with Crippen molar-refractivity contribution < 1.29 is 14.3 Å². The SMILES string of the molecule is CN=C(NCCCc1cc2c(OC)cc(OC)cc2[nH]1)NCC1CC(=O)Nc2ccccc21.I. The lowest BCUT2D eigenvalue weighted by molar-refractivity contribution is -0.116. The maximum atomic E-state index is 12.0. The van der Waals surface area contributed by atoms with Crippen molar-refractivity contribution in [1.29, 1.82) is 0 Å². The summed E-state index contributed by atoms with van der Waals surface area (Å²) in [6.45, 7) is 1.42. The number of halogens is 1. The van der Waals surface area contributed by atoms with Crippen molar-refractivity contribution in [2.24, 2.45) is 4.99 Å². The van der Waals surface area contributed by atoms with Crippen LogP contribution in [0.5, 0.6) is 11.5 Å². The van der Waals surface area contributed by atoms with Crippen molar-refractivity contribution in [3.8, 4) is 11.5 Å². The number of carbonyl (C=O) groups is 1. The molecule has 1 amide bonds. The molecular weight excluding hydrogens is 545 g/mol. The fraction of sp³-hybridized carbons (Fsp3) is 0.360. The topological polar surface area (TPSA) is 99.8 Å². The van der Waals surface area contributed by atoms with Gasteiger partial charge in [-0.15, -0.1) is 24.0 Å². The second-order valence-electron chi connectivity index (χ2n) is 8.11. The number of fused-ring (bicyclic) bond motifs is 2. The third-order valence-corrected chi connectivity index (χ3v) is 5.95. The number of rotatable bonds is 8. The Morgan fingerprint density at radius 1 is 1.15 bits per heavy atom. The number of H-pyrrole nitrogens is 1. The first-order valence-electron chi connectivity index (χ1n) is 11.2. The smallest absolute Gasteiger partial charge is 0.225 e. The average molecular weight is 577 g/mol. The number of nitrogens with one attached hydrogen (secondary N) is 4. The molecule has 3 aromatic rings. The molecule has 2 aromatic carbocycles. The Labute approximate surface area is 216 Å². The second-order valence-corrected chi connectivity index (χ2v) is 8.11. The quantitative estimate of drug-likeness (QED) is 0.140. The Kier molecular flexibility index (Phi) is 9.03. The van der Waals surface area contributed by atoms with Crippen molar-refractivity contribution in [2.45, 2.75) is 25.2 Å². The predicted molar refractivity (Wildman–Crippen MR) is 147 cm³/mol. The van der Waals surface area contributed by atoms with Crippen molar-refractivity contribution in [2.75, 3.05) is 39.7 Å². The van der Waals surface area contributed by atoms with Crippen LogP contribution in [0.2, 0.25) is 0 Å². The molecule has 0 saturated carbocycles. The summed E-state index contributed by atoms with van der Waals surface area (Å²) < 4.78 is 10.9. The minimum absolute atomic E-state index is 0. The number of anilines is 1. The molecule has 1 aromatic heterocycles. The Hall–Kier alpha value is -2.95. The maximum Gasteiger partial charge on any atom is 0.225 e. The largest absolute Gasteiger partial charge is 0.497 e. The highest BCUT2D eigenvalue weighted by atomic mass is 127. The third-order valence-electron chi connectivity index (χ3n) is 5.95. The van der Waals surface area contributed by atoms with Crippen LogP contribution in [0.3, 0.4) is 0 Å². The summed E-state index contributed by atoms with van der Waals surface area (Å²) in [4.78, 5) is 19.8. The van der Waals surface area contributed by atoms with Crippen LogP contribution >= 0.6 is 24.0 Å². The fourth-order valence-electron chi connectivity index (χ4n) is 4.27. The van der Waals surface area contributed by atoms with E-state index in [0.29, 0.717) is 13.0 Å². The predicted octanol–water partition coefficient (Wildman–Crippen LogP) is 4.03. The molecule has 2 heterocycles. The molecule has 0 spiro atoms. The van der Waals surface area contributed by atoms with Gasteiger partial charge in [-0.05, 0) is 30.5 Å². The number of carbonyl (C=O) groups excluding carboxylic acids is 1. The van der Waals surface area contributed by atoms with E-state index in [9.17, 15) is 4.79 Å². The number of benzene rings is 2. The summed E-state index contributed by atoms with van der Waals surface area (Å²) in [6.07, 6.45) is 2.29. The molecule has 8 nitrogen and oxygen atoms in total. The van der Waals surface area contributed by atoms with Gasteiger partial charge in [0.05, 0.1) is 19.7 Å². The summed E-state index contributed by atoms with van der Waals surface area (Å²) in [5.74, 6) is 2.47. The molecule has 9 heteroatoms. The first kappa shape index (κ1) is 25.7. The molecule has 1 atom stereocenters. The second kappa shape index (κ2) is 12.0. The number of ether oxygens (including phenoxy) is 2. The lowest BCUT2D eigenvalue weighted by Crippen LogP contribution is -2.41. The lowest BCUT2D eigenvalue weighted by Gasteiger charge is -2.26. The zero-order valence-corrected chi connectivity index (χ0v) is 22.1. The lowest BCUT2D eigenvalue weighted by atomic mass is 9.90. The molecule has 0 bridgehead atoms. The Bertz CT molecular complexity index is 1160. The van der Waals surface area contributed by atoms with E-state index in [1.54, 1.807) is 21.3 Å². The van der Waals surface area contributed by atoms with E-state index in [-0.39, 0.29) is 35.8 Å². The molecule has 34 heavy (non-hydrogen) atoms. The molecule has 4 rings (SSSR count). The first-order chi connectivity index (χ1) is 16.1. The molecule has 4 N–H and O–H groups in total. The summed E-state index contributed by atoms with van der Waals surface area (Å²) >= 11 is 0. The highest BCUT2D eigenvalue weighted by Gasteiger charge is 2.24. The van der Waals surface area contributed by atoms with Crippen LogP contribution < -0.4 is 25.4 Å². The summed E-state index contributed by atoms with van der Waals surface area (Å²) in [5, 5.41) is 10.7. The van der Waals surface area contributed by atoms with Crippen LogP contribution in [-0.4, -0.2) is 51.2 Å². The van der Waals surface area contributed by atoms with Gasteiger partial charge in [0.1, 0.15) is 11.5 Å². The molecular formula is C25H32IN5O3. The molecule has 1 unspecified atom stereocenters. The summed E-state index contributed by atoms with van der Waals surface area (Å²) in [6, 6.07) is 14.0. The van der Waals surface area contributed by atoms with Gasteiger partial charge < -0.3 is 30.4 Å². The maximum absolute atomic E-state index is 12.0. The van der Waals surface area contributed by atoms with Gasteiger partial charge in [0.2, 0.25) is 5.91 Å². The van der Waals surface area contributed by atoms with Crippen LogP contribution in [0.4, 0.5) is 5.69 Å². The number of para-hydroxylation sites is 1. The van der Waals surface area contributed by atoms with Gasteiger partial charge in [0.25, 0.3) is 0 Å². The van der Waals surface area contributed by atoms with E-state index in [1.165, 1.54) is 0 Å². The van der Waals surface area contributed by atoms with E-state index in [4.69, 9.17) is 9.47 Å². The Balaban J connectivity index is 0.00000324. The molecule has 0 saturated heterocycles. The number of nitrogens with zero attached hydrogens (tertiary/aromatic N) is 1. The van der Waals surface area contributed by atoms with Crippen molar-refractivity contribution in [3.63, 3.8) is 0 Å². The number of aromatic nitrogens is 1.